The van der Waals surface area contributed by atoms with Crippen LogP contribution in [0.5, 0.6) is 5.75 Å². The number of benzene rings is 1. The Balaban J connectivity index is 1.71. The van der Waals surface area contributed by atoms with Crippen molar-refractivity contribution in [3.8, 4) is 5.75 Å². The lowest BCUT2D eigenvalue weighted by Crippen LogP contribution is -2.24. The van der Waals surface area contributed by atoms with Crippen molar-refractivity contribution >= 4 is 23.7 Å². The van der Waals surface area contributed by atoms with Gasteiger partial charge in [-0.05, 0) is 47.6 Å². The molecule has 0 aliphatic carbocycles. The molecule has 6 nitrogen and oxygen atoms in total. The molecule has 6 heteroatoms. The van der Waals surface area contributed by atoms with Crippen LogP contribution >= 0.6 is 0 Å². The highest BCUT2D eigenvalue weighted by atomic mass is 16.5. The molecule has 0 unspecified atom stereocenters. The number of ether oxygens (including phenoxy) is 1. The van der Waals surface area contributed by atoms with Gasteiger partial charge in [0.05, 0.1) is 6.61 Å². The fourth-order valence-electron chi connectivity index (χ4n) is 3.56. The van der Waals surface area contributed by atoms with E-state index in [-0.39, 0.29) is 11.8 Å². The first-order valence-corrected chi connectivity index (χ1v) is 10.9. The Kier molecular flexibility index (Phi) is 7.45. The SMILES string of the molecule is CCCOc1c(CN(C)C(=O)/C=C/c2cnc3c(c2)CCC(=O)N3)cccc1C(C)C. The maximum absolute atomic E-state index is 12.7. The van der Waals surface area contributed by atoms with Crippen molar-refractivity contribution in [3.63, 3.8) is 0 Å². The second kappa shape index (κ2) is 10.2. The van der Waals surface area contributed by atoms with E-state index in [9.17, 15) is 9.59 Å². The summed E-state index contributed by atoms with van der Waals surface area (Å²) < 4.78 is 6.05. The van der Waals surface area contributed by atoms with Crippen molar-refractivity contribution in [3.05, 3.63) is 58.8 Å². The maximum Gasteiger partial charge on any atom is 0.246 e. The smallest absolute Gasteiger partial charge is 0.246 e. The molecule has 31 heavy (non-hydrogen) atoms. The third-order valence-corrected chi connectivity index (χ3v) is 5.27. The topological polar surface area (TPSA) is 71.5 Å². The largest absolute Gasteiger partial charge is 0.493 e. The Bertz CT molecular complexity index is 982. The first kappa shape index (κ1) is 22.5. The zero-order valence-corrected chi connectivity index (χ0v) is 18.8. The summed E-state index contributed by atoms with van der Waals surface area (Å²) in [7, 11) is 1.79. The minimum Gasteiger partial charge on any atom is -0.493 e. The van der Waals surface area contributed by atoms with Crippen molar-refractivity contribution < 1.29 is 14.3 Å². The highest BCUT2D eigenvalue weighted by Gasteiger charge is 2.17. The van der Waals surface area contributed by atoms with Crippen LogP contribution in [0, 0.1) is 0 Å². The molecule has 2 heterocycles. The molecule has 1 N–H and O–H groups in total. The Hall–Kier alpha value is -3.15. The molecule has 0 bridgehead atoms. The van der Waals surface area contributed by atoms with Gasteiger partial charge in [0.1, 0.15) is 11.6 Å². The number of para-hydroxylation sites is 1. The van der Waals surface area contributed by atoms with Gasteiger partial charge in [-0.3, -0.25) is 9.59 Å². The van der Waals surface area contributed by atoms with E-state index < -0.39 is 0 Å². The number of aryl methyl sites for hydroxylation is 1. The number of rotatable bonds is 8. The van der Waals surface area contributed by atoms with E-state index in [1.807, 2.05) is 18.2 Å². The summed E-state index contributed by atoms with van der Waals surface area (Å²) in [5.41, 5.74) is 4.00. The summed E-state index contributed by atoms with van der Waals surface area (Å²) >= 11 is 0. The van der Waals surface area contributed by atoms with Crippen LogP contribution in [0.3, 0.4) is 0 Å². The van der Waals surface area contributed by atoms with Crippen LogP contribution in [0.25, 0.3) is 6.08 Å². The van der Waals surface area contributed by atoms with Gasteiger partial charge >= 0.3 is 0 Å². The predicted molar refractivity (Wildman–Crippen MR) is 123 cm³/mol. The normalized spacial score (nSPS) is 13.3. The first-order valence-electron chi connectivity index (χ1n) is 10.9. The van der Waals surface area contributed by atoms with Gasteiger partial charge in [0.25, 0.3) is 0 Å². The number of nitrogens with zero attached hydrogens (tertiary/aromatic N) is 2. The molecule has 0 fully saturated rings. The van der Waals surface area contributed by atoms with Crippen molar-refractivity contribution in [2.75, 3.05) is 19.0 Å². The number of likely N-dealkylation sites (N-methyl/N-ethyl adjacent to an activating group) is 1. The number of carbonyl (C=O) groups excluding carboxylic acids is 2. The van der Waals surface area contributed by atoms with Crippen LogP contribution in [0.4, 0.5) is 5.82 Å². The number of hydrogen-bond donors (Lipinski definition) is 1. The number of pyridine rings is 1. The van der Waals surface area contributed by atoms with E-state index in [1.54, 1.807) is 30.3 Å². The zero-order chi connectivity index (χ0) is 22.4. The van der Waals surface area contributed by atoms with Crippen LogP contribution in [-0.2, 0) is 22.6 Å². The third kappa shape index (κ3) is 5.72. The molecule has 0 spiro atoms. The second-order valence-corrected chi connectivity index (χ2v) is 8.19. The van der Waals surface area contributed by atoms with E-state index in [0.717, 1.165) is 34.4 Å². The lowest BCUT2D eigenvalue weighted by molar-refractivity contribution is -0.125. The van der Waals surface area contributed by atoms with Gasteiger partial charge in [-0.15, -0.1) is 0 Å². The lowest BCUT2D eigenvalue weighted by atomic mass is 9.98. The number of nitrogens with one attached hydrogen (secondary N) is 1. The van der Waals surface area contributed by atoms with Crippen LogP contribution in [0.2, 0.25) is 0 Å². The number of amides is 2. The summed E-state index contributed by atoms with van der Waals surface area (Å²) in [5.74, 6) is 1.74. The van der Waals surface area contributed by atoms with Gasteiger partial charge < -0.3 is 15.0 Å². The highest BCUT2D eigenvalue weighted by Crippen LogP contribution is 2.31. The standard InChI is InChI=1S/C25H31N3O3/c1-5-13-31-24-20(7-6-8-21(24)17(2)3)16-28(4)23(30)12-9-18-14-19-10-11-22(29)27-25(19)26-15-18/h6-9,12,14-15,17H,5,10-11,13,16H2,1-4H3,(H,26,27,29)/b12-9+. The van der Waals surface area contributed by atoms with E-state index >= 15 is 0 Å². The van der Waals surface area contributed by atoms with Crippen LogP contribution in [-0.4, -0.2) is 35.4 Å². The molecule has 1 aliphatic rings. The molecule has 0 saturated carbocycles. The molecule has 1 aromatic carbocycles. The van der Waals surface area contributed by atoms with E-state index in [1.165, 1.54) is 0 Å². The molecule has 1 aromatic heterocycles. The Morgan fingerprint density at radius 3 is 2.87 bits per heavy atom. The molecule has 164 valence electrons. The van der Waals surface area contributed by atoms with Crippen LogP contribution in [0.1, 0.15) is 61.8 Å². The first-order chi connectivity index (χ1) is 14.9. The Morgan fingerprint density at radius 2 is 2.13 bits per heavy atom. The van der Waals surface area contributed by atoms with Gasteiger partial charge in [-0.25, -0.2) is 4.98 Å². The van der Waals surface area contributed by atoms with Gasteiger partial charge in [0.15, 0.2) is 0 Å². The molecule has 2 aromatic rings. The summed E-state index contributed by atoms with van der Waals surface area (Å²) in [6, 6.07) is 8.10. The molecule has 0 radical (unpaired) electrons. The number of anilines is 1. The van der Waals surface area contributed by atoms with E-state index in [0.29, 0.717) is 37.7 Å². The van der Waals surface area contributed by atoms with Crippen molar-refractivity contribution in [1.82, 2.24) is 9.88 Å². The van der Waals surface area contributed by atoms with Crippen LogP contribution in [0.15, 0.2) is 36.5 Å². The minimum absolute atomic E-state index is 0.0103. The van der Waals surface area contributed by atoms with Gasteiger partial charge in [0.2, 0.25) is 11.8 Å². The lowest BCUT2D eigenvalue weighted by Gasteiger charge is -2.21. The van der Waals surface area contributed by atoms with E-state index in [4.69, 9.17) is 4.74 Å². The van der Waals surface area contributed by atoms with Gasteiger partial charge in [0, 0.05) is 37.8 Å². The van der Waals surface area contributed by atoms with E-state index in [2.05, 4.69) is 37.1 Å². The molecular weight excluding hydrogens is 390 g/mol. The summed E-state index contributed by atoms with van der Waals surface area (Å²) in [6.45, 7) is 7.50. The predicted octanol–water partition coefficient (Wildman–Crippen LogP) is 4.55. The average Bonchev–Trinajstić information content (AvgIpc) is 2.76. The fourth-order valence-corrected chi connectivity index (χ4v) is 3.56. The molecule has 2 amide bonds. The third-order valence-electron chi connectivity index (χ3n) is 5.27. The van der Waals surface area contributed by atoms with Crippen molar-refractivity contribution in [2.45, 2.75) is 52.5 Å². The van der Waals surface area contributed by atoms with Crippen molar-refractivity contribution in [2.24, 2.45) is 0 Å². The molecule has 0 atom stereocenters. The number of aromatic nitrogens is 1. The number of hydrogen-bond acceptors (Lipinski definition) is 4. The Morgan fingerprint density at radius 1 is 1.32 bits per heavy atom. The quantitative estimate of drug-likeness (QED) is 0.635. The van der Waals surface area contributed by atoms with Gasteiger partial charge in [-0.2, -0.15) is 0 Å². The monoisotopic (exact) mass is 421 g/mol. The Labute approximate surface area is 184 Å². The zero-order valence-electron chi connectivity index (χ0n) is 18.8. The maximum atomic E-state index is 12.7. The highest BCUT2D eigenvalue weighted by molar-refractivity contribution is 5.93. The van der Waals surface area contributed by atoms with Crippen LogP contribution < -0.4 is 10.1 Å². The fraction of sp³-hybridized carbons (Fsp3) is 0.400. The molecule has 1 aliphatic heterocycles. The van der Waals surface area contributed by atoms with Gasteiger partial charge in [-0.1, -0.05) is 39.0 Å². The second-order valence-electron chi connectivity index (χ2n) is 8.19. The molecule has 3 rings (SSSR count). The molecule has 0 saturated heterocycles. The average molecular weight is 422 g/mol. The molecular formula is C25H31N3O3. The summed E-state index contributed by atoms with van der Waals surface area (Å²) in [6.07, 6.45) is 7.04. The number of carbonyl (C=O) groups is 2. The summed E-state index contributed by atoms with van der Waals surface area (Å²) in [5, 5.41) is 2.77. The minimum atomic E-state index is -0.0950. The summed E-state index contributed by atoms with van der Waals surface area (Å²) in [4.78, 5) is 30.2. The van der Waals surface area contributed by atoms with Crippen molar-refractivity contribution in [1.29, 1.82) is 0 Å². The number of fused-ring (bicyclic) bond motifs is 1.